The molecule has 1 fully saturated rings. The Bertz CT molecular complexity index is 265. The molecule has 1 aliphatic rings. The molecule has 3 heteroatoms. The fourth-order valence-electron chi connectivity index (χ4n) is 1.44. The van der Waals surface area contributed by atoms with Crippen molar-refractivity contribution in [1.82, 2.24) is 0 Å². The van der Waals surface area contributed by atoms with Crippen molar-refractivity contribution in [3.05, 3.63) is 24.3 Å². The number of aromatic hydroxyl groups is 1. The predicted molar refractivity (Wildman–Crippen MR) is 51.0 cm³/mol. The predicted octanol–water partition coefficient (Wildman–Crippen LogP) is 1.59. The van der Waals surface area contributed by atoms with Gasteiger partial charge in [-0.25, -0.2) is 0 Å². The lowest BCUT2D eigenvalue weighted by molar-refractivity contribution is 0.195. The normalized spacial score (nSPS) is 21.7. The van der Waals surface area contributed by atoms with Crippen LogP contribution in [0, 0.1) is 0 Å². The van der Waals surface area contributed by atoms with Gasteiger partial charge in [0.15, 0.2) is 0 Å². The average molecular weight is 179 g/mol. The first-order valence-electron chi connectivity index (χ1n) is 4.48. The Hall–Kier alpha value is -1.22. The molecule has 1 aliphatic heterocycles. The summed E-state index contributed by atoms with van der Waals surface area (Å²) in [5.74, 6) is 0.299. The van der Waals surface area contributed by atoms with E-state index in [9.17, 15) is 0 Å². The smallest absolute Gasteiger partial charge is 0.115 e. The second kappa shape index (κ2) is 3.66. The fraction of sp³-hybridized carbons (Fsp3) is 0.400. The molecule has 0 saturated carbocycles. The number of nitrogens with one attached hydrogen (secondary N) is 1. The zero-order valence-electron chi connectivity index (χ0n) is 7.36. The largest absolute Gasteiger partial charge is 0.508 e. The standard InChI is InChI=1S/C10H13NO2/c12-10-3-1-8(2-4-10)11-9-5-6-13-7-9/h1-4,9,11-12H,5-7H2. The molecule has 1 aromatic rings. The summed E-state index contributed by atoms with van der Waals surface area (Å²) in [4.78, 5) is 0. The molecule has 1 unspecified atom stereocenters. The molecule has 1 heterocycles. The number of phenolic OH excluding ortho intramolecular Hbond substituents is 1. The molecule has 0 amide bonds. The third-order valence-corrected chi connectivity index (χ3v) is 2.17. The summed E-state index contributed by atoms with van der Waals surface area (Å²) >= 11 is 0. The third-order valence-electron chi connectivity index (χ3n) is 2.17. The van der Waals surface area contributed by atoms with Gasteiger partial charge in [0.25, 0.3) is 0 Å². The minimum absolute atomic E-state index is 0.299. The van der Waals surface area contributed by atoms with Crippen molar-refractivity contribution in [2.24, 2.45) is 0 Å². The molecular weight excluding hydrogens is 166 g/mol. The Kier molecular flexibility index (Phi) is 2.36. The fourth-order valence-corrected chi connectivity index (χ4v) is 1.44. The van der Waals surface area contributed by atoms with Crippen LogP contribution in [0.1, 0.15) is 6.42 Å². The van der Waals surface area contributed by atoms with Gasteiger partial charge in [0.2, 0.25) is 0 Å². The van der Waals surface area contributed by atoms with E-state index in [1.54, 1.807) is 12.1 Å². The van der Waals surface area contributed by atoms with Crippen LogP contribution < -0.4 is 5.32 Å². The Balaban J connectivity index is 1.97. The van der Waals surface area contributed by atoms with Gasteiger partial charge in [-0.1, -0.05) is 0 Å². The lowest BCUT2D eigenvalue weighted by Crippen LogP contribution is -2.18. The first-order chi connectivity index (χ1) is 6.34. The molecule has 1 aromatic carbocycles. The van der Waals surface area contributed by atoms with Crippen LogP contribution >= 0.6 is 0 Å². The van der Waals surface area contributed by atoms with Gasteiger partial charge in [0, 0.05) is 12.3 Å². The number of anilines is 1. The first-order valence-corrected chi connectivity index (χ1v) is 4.48. The van der Waals surface area contributed by atoms with Crippen molar-refractivity contribution in [1.29, 1.82) is 0 Å². The van der Waals surface area contributed by atoms with Crippen LogP contribution in [-0.2, 0) is 4.74 Å². The number of hydrogen-bond donors (Lipinski definition) is 2. The SMILES string of the molecule is Oc1ccc(NC2CCOC2)cc1. The monoisotopic (exact) mass is 179 g/mol. The maximum atomic E-state index is 9.07. The van der Waals surface area contributed by atoms with Crippen LogP contribution in [0.25, 0.3) is 0 Å². The molecule has 1 saturated heterocycles. The lowest BCUT2D eigenvalue weighted by atomic mass is 10.2. The van der Waals surface area contributed by atoms with E-state index < -0.39 is 0 Å². The number of benzene rings is 1. The van der Waals surface area contributed by atoms with Crippen LogP contribution in [-0.4, -0.2) is 24.4 Å². The Morgan fingerprint density at radius 2 is 2.08 bits per heavy atom. The molecule has 70 valence electrons. The Morgan fingerprint density at radius 1 is 1.31 bits per heavy atom. The zero-order valence-corrected chi connectivity index (χ0v) is 7.36. The number of rotatable bonds is 2. The summed E-state index contributed by atoms with van der Waals surface area (Å²) in [6.07, 6.45) is 1.06. The van der Waals surface area contributed by atoms with E-state index in [2.05, 4.69) is 5.32 Å². The molecule has 3 nitrogen and oxygen atoms in total. The summed E-state index contributed by atoms with van der Waals surface area (Å²) in [6, 6.07) is 7.52. The maximum Gasteiger partial charge on any atom is 0.115 e. The first kappa shape index (κ1) is 8.38. The second-order valence-electron chi connectivity index (χ2n) is 3.25. The van der Waals surface area contributed by atoms with Crippen molar-refractivity contribution >= 4 is 5.69 Å². The molecule has 0 radical (unpaired) electrons. The lowest BCUT2D eigenvalue weighted by Gasteiger charge is -2.11. The van der Waals surface area contributed by atoms with E-state index in [0.29, 0.717) is 11.8 Å². The highest BCUT2D eigenvalue weighted by atomic mass is 16.5. The highest BCUT2D eigenvalue weighted by molar-refractivity contribution is 5.46. The molecule has 2 rings (SSSR count). The molecule has 0 bridgehead atoms. The van der Waals surface area contributed by atoms with E-state index in [-0.39, 0.29) is 0 Å². The average Bonchev–Trinajstić information content (AvgIpc) is 2.62. The van der Waals surface area contributed by atoms with Gasteiger partial charge in [0.1, 0.15) is 5.75 Å². The molecule has 13 heavy (non-hydrogen) atoms. The third kappa shape index (κ3) is 2.12. The molecule has 2 N–H and O–H groups in total. The van der Waals surface area contributed by atoms with Crippen LogP contribution in [0.15, 0.2) is 24.3 Å². The van der Waals surface area contributed by atoms with Crippen molar-refractivity contribution in [2.45, 2.75) is 12.5 Å². The van der Waals surface area contributed by atoms with Gasteiger partial charge >= 0.3 is 0 Å². The highest BCUT2D eigenvalue weighted by Crippen LogP contribution is 2.16. The summed E-state index contributed by atoms with van der Waals surface area (Å²) in [6.45, 7) is 1.62. The van der Waals surface area contributed by atoms with Crippen molar-refractivity contribution in [2.75, 3.05) is 18.5 Å². The molecule has 0 aromatic heterocycles. The minimum Gasteiger partial charge on any atom is -0.508 e. The summed E-state index contributed by atoms with van der Waals surface area (Å²) in [7, 11) is 0. The van der Waals surface area contributed by atoms with Crippen molar-refractivity contribution in [3.63, 3.8) is 0 Å². The number of ether oxygens (including phenoxy) is 1. The summed E-state index contributed by atoms with van der Waals surface area (Å²) in [5.41, 5.74) is 1.04. The number of hydrogen-bond acceptors (Lipinski definition) is 3. The quantitative estimate of drug-likeness (QED) is 0.677. The van der Waals surface area contributed by atoms with Crippen LogP contribution in [0.2, 0.25) is 0 Å². The van der Waals surface area contributed by atoms with Gasteiger partial charge in [0.05, 0.1) is 12.6 Å². The van der Waals surface area contributed by atoms with Crippen LogP contribution in [0.3, 0.4) is 0 Å². The van der Waals surface area contributed by atoms with E-state index in [1.165, 1.54) is 0 Å². The van der Waals surface area contributed by atoms with Gasteiger partial charge in [-0.3, -0.25) is 0 Å². The molecule has 1 atom stereocenters. The highest BCUT2D eigenvalue weighted by Gasteiger charge is 2.14. The van der Waals surface area contributed by atoms with Gasteiger partial charge in [-0.2, -0.15) is 0 Å². The van der Waals surface area contributed by atoms with Crippen molar-refractivity contribution in [3.8, 4) is 5.75 Å². The molecular formula is C10H13NO2. The Labute approximate surface area is 77.3 Å². The zero-order chi connectivity index (χ0) is 9.10. The van der Waals surface area contributed by atoms with E-state index in [4.69, 9.17) is 9.84 Å². The van der Waals surface area contributed by atoms with Gasteiger partial charge < -0.3 is 15.2 Å². The topological polar surface area (TPSA) is 41.5 Å². The van der Waals surface area contributed by atoms with Crippen LogP contribution in [0.4, 0.5) is 5.69 Å². The minimum atomic E-state index is 0.299. The van der Waals surface area contributed by atoms with E-state index in [1.807, 2.05) is 12.1 Å². The molecule has 0 aliphatic carbocycles. The summed E-state index contributed by atoms with van der Waals surface area (Å²) < 4.78 is 5.24. The maximum absolute atomic E-state index is 9.07. The van der Waals surface area contributed by atoms with E-state index >= 15 is 0 Å². The Morgan fingerprint density at radius 3 is 2.69 bits per heavy atom. The van der Waals surface area contributed by atoms with Gasteiger partial charge in [-0.15, -0.1) is 0 Å². The van der Waals surface area contributed by atoms with E-state index in [0.717, 1.165) is 25.3 Å². The summed E-state index contributed by atoms with van der Waals surface area (Å²) in [5, 5.41) is 12.4. The van der Waals surface area contributed by atoms with Gasteiger partial charge in [-0.05, 0) is 30.7 Å². The number of phenols is 1. The van der Waals surface area contributed by atoms with Crippen molar-refractivity contribution < 1.29 is 9.84 Å². The second-order valence-corrected chi connectivity index (χ2v) is 3.25. The van der Waals surface area contributed by atoms with Crippen LogP contribution in [0.5, 0.6) is 5.75 Å². The molecule has 0 spiro atoms.